The zero-order valence-corrected chi connectivity index (χ0v) is 9.15. The molecule has 0 spiro atoms. The number of carbonyl (C=O) groups excluding carboxylic acids is 1. The summed E-state index contributed by atoms with van der Waals surface area (Å²) in [6, 6.07) is 0. The maximum absolute atomic E-state index is 11.2. The van der Waals surface area contributed by atoms with Gasteiger partial charge in [0.2, 0.25) is 5.91 Å². The molecule has 1 aliphatic rings. The maximum Gasteiger partial charge on any atom is 0.221 e. The molecule has 0 saturated carbocycles. The molecule has 4 heteroatoms. The van der Waals surface area contributed by atoms with Crippen LogP contribution >= 0.6 is 0 Å². The van der Waals surface area contributed by atoms with Crippen molar-refractivity contribution in [3.8, 4) is 0 Å². The Balaban J connectivity index is 2.11. The van der Waals surface area contributed by atoms with Gasteiger partial charge >= 0.3 is 0 Å². The van der Waals surface area contributed by atoms with E-state index in [-0.39, 0.29) is 11.4 Å². The predicted molar refractivity (Wildman–Crippen MR) is 57.2 cm³/mol. The van der Waals surface area contributed by atoms with Gasteiger partial charge in [-0.25, -0.2) is 0 Å². The van der Waals surface area contributed by atoms with Gasteiger partial charge in [0, 0.05) is 31.6 Å². The first kappa shape index (κ1) is 11.5. The third kappa shape index (κ3) is 3.64. The number of nitrogens with one attached hydrogen (secondary N) is 3. The van der Waals surface area contributed by atoms with Crippen LogP contribution in [0.5, 0.6) is 0 Å². The number of hydrogen-bond donors (Lipinski definition) is 3. The molecule has 1 heterocycles. The highest BCUT2D eigenvalue weighted by Crippen LogP contribution is 2.12. The third-order valence-electron chi connectivity index (χ3n) is 2.65. The van der Waals surface area contributed by atoms with Gasteiger partial charge in [0.15, 0.2) is 0 Å². The molecule has 3 N–H and O–H groups in total. The van der Waals surface area contributed by atoms with Crippen LogP contribution in [0.25, 0.3) is 0 Å². The second kappa shape index (κ2) is 5.32. The van der Waals surface area contributed by atoms with Gasteiger partial charge < -0.3 is 16.0 Å². The van der Waals surface area contributed by atoms with Gasteiger partial charge in [0.25, 0.3) is 0 Å². The molecule has 0 aliphatic carbocycles. The highest BCUT2D eigenvalue weighted by atomic mass is 16.1. The van der Waals surface area contributed by atoms with Crippen LogP contribution in [0.15, 0.2) is 0 Å². The lowest BCUT2D eigenvalue weighted by atomic mass is 10.0. The first-order valence-electron chi connectivity index (χ1n) is 5.39. The van der Waals surface area contributed by atoms with Crippen molar-refractivity contribution in [2.75, 3.05) is 26.2 Å². The van der Waals surface area contributed by atoms with Crippen molar-refractivity contribution >= 4 is 5.91 Å². The van der Waals surface area contributed by atoms with Gasteiger partial charge in [-0.05, 0) is 26.8 Å². The van der Waals surface area contributed by atoms with Crippen LogP contribution < -0.4 is 16.0 Å². The average Bonchev–Trinajstić information content (AvgIpc) is 2.53. The van der Waals surface area contributed by atoms with Gasteiger partial charge in [-0.3, -0.25) is 4.79 Å². The smallest absolute Gasteiger partial charge is 0.221 e. The van der Waals surface area contributed by atoms with E-state index in [9.17, 15) is 4.79 Å². The normalized spacial score (nSPS) is 26.4. The van der Waals surface area contributed by atoms with Gasteiger partial charge in [-0.15, -0.1) is 0 Å². The van der Waals surface area contributed by atoms with Crippen molar-refractivity contribution in [3.63, 3.8) is 0 Å². The van der Waals surface area contributed by atoms with Crippen molar-refractivity contribution in [2.24, 2.45) is 0 Å². The van der Waals surface area contributed by atoms with E-state index in [0.717, 1.165) is 32.6 Å². The van der Waals surface area contributed by atoms with E-state index in [1.54, 1.807) is 0 Å². The number of rotatable bonds is 5. The molecule has 0 aromatic carbocycles. The largest absolute Gasteiger partial charge is 0.356 e. The van der Waals surface area contributed by atoms with Gasteiger partial charge in [-0.2, -0.15) is 0 Å². The zero-order valence-electron chi connectivity index (χ0n) is 9.15. The molecule has 1 atom stereocenters. The molecular weight excluding hydrogens is 178 g/mol. The van der Waals surface area contributed by atoms with Gasteiger partial charge in [0.05, 0.1) is 0 Å². The standard InChI is InChI=1S/C10H21N3O/c1-3-12-9(14)4-6-13-10(2)5-7-11-8-10/h11,13H,3-8H2,1-2H3,(H,12,14). The Morgan fingerprint density at radius 1 is 1.57 bits per heavy atom. The maximum atomic E-state index is 11.2. The van der Waals surface area contributed by atoms with Crippen LogP contribution in [-0.2, 0) is 4.79 Å². The Labute approximate surface area is 85.8 Å². The Hall–Kier alpha value is -0.610. The molecule has 1 unspecified atom stereocenters. The molecule has 0 bridgehead atoms. The van der Waals surface area contributed by atoms with Gasteiger partial charge in [-0.1, -0.05) is 0 Å². The SMILES string of the molecule is CCNC(=O)CCNC1(C)CCNC1. The van der Waals surface area contributed by atoms with E-state index in [4.69, 9.17) is 0 Å². The fourth-order valence-corrected chi connectivity index (χ4v) is 1.73. The fourth-order valence-electron chi connectivity index (χ4n) is 1.73. The van der Waals surface area contributed by atoms with E-state index in [2.05, 4.69) is 22.9 Å². The summed E-state index contributed by atoms with van der Waals surface area (Å²) in [5.41, 5.74) is 0.187. The summed E-state index contributed by atoms with van der Waals surface area (Å²) in [5, 5.41) is 9.53. The summed E-state index contributed by atoms with van der Waals surface area (Å²) in [6.07, 6.45) is 1.71. The van der Waals surface area contributed by atoms with Crippen molar-refractivity contribution in [1.29, 1.82) is 0 Å². The van der Waals surface area contributed by atoms with Crippen LogP contribution in [-0.4, -0.2) is 37.6 Å². The Bertz CT molecular complexity index is 188. The monoisotopic (exact) mass is 199 g/mol. The lowest BCUT2D eigenvalue weighted by molar-refractivity contribution is -0.120. The minimum Gasteiger partial charge on any atom is -0.356 e. The Kier molecular flexibility index (Phi) is 4.35. The molecule has 1 saturated heterocycles. The summed E-state index contributed by atoms with van der Waals surface area (Å²) in [7, 11) is 0. The first-order valence-corrected chi connectivity index (χ1v) is 5.39. The minimum atomic E-state index is 0.134. The molecular formula is C10H21N3O. The highest BCUT2D eigenvalue weighted by Gasteiger charge is 2.27. The predicted octanol–water partition coefficient (Wildman–Crippen LogP) is -0.146. The number of hydrogen-bond acceptors (Lipinski definition) is 3. The van der Waals surface area contributed by atoms with Crippen LogP contribution in [0, 0.1) is 0 Å². The van der Waals surface area contributed by atoms with Crippen molar-refractivity contribution in [1.82, 2.24) is 16.0 Å². The molecule has 1 rings (SSSR count). The number of carbonyl (C=O) groups is 1. The fraction of sp³-hybridized carbons (Fsp3) is 0.900. The second-order valence-corrected chi connectivity index (χ2v) is 4.12. The number of amides is 1. The van der Waals surface area contributed by atoms with Crippen LogP contribution in [0.4, 0.5) is 0 Å². The molecule has 0 aromatic rings. The van der Waals surface area contributed by atoms with E-state index in [1.807, 2.05) is 6.92 Å². The first-order chi connectivity index (χ1) is 6.66. The van der Waals surface area contributed by atoms with E-state index in [1.165, 1.54) is 0 Å². The van der Waals surface area contributed by atoms with Crippen LogP contribution in [0.3, 0.4) is 0 Å². The summed E-state index contributed by atoms with van der Waals surface area (Å²) in [4.78, 5) is 11.2. The summed E-state index contributed by atoms with van der Waals surface area (Å²) in [5.74, 6) is 0.134. The Morgan fingerprint density at radius 2 is 2.36 bits per heavy atom. The Morgan fingerprint density at radius 3 is 2.93 bits per heavy atom. The van der Waals surface area contributed by atoms with E-state index in [0.29, 0.717) is 6.42 Å². The van der Waals surface area contributed by atoms with Crippen molar-refractivity contribution in [2.45, 2.75) is 32.2 Å². The van der Waals surface area contributed by atoms with Crippen molar-refractivity contribution < 1.29 is 4.79 Å². The summed E-state index contributed by atoms with van der Waals surface area (Å²) < 4.78 is 0. The molecule has 4 nitrogen and oxygen atoms in total. The molecule has 1 amide bonds. The van der Waals surface area contributed by atoms with Crippen molar-refractivity contribution in [3.05, 3.63) is 0 Å². The van der Waals surface area contributed by atoms with Gasteiger partial charge in [0.1, 0.15) is 0 Å². The highest BCUT2D eigenvalue weighted by molar-refractivity contribution is 5.75. The summed E-state index contributed by atoms with van der Waals surface area (Å²) >= 11 is 0. The average molecular weight is 199 g/mol. The lowest BCUT2D eigenvalue weighted by Crippen LogP contribution is -2.45. The molecule has 0 radical (unpaired) electrons. The molecule has 1 aliphatic heterocycles. The van der Waals surface area contributed by atoms with Crippen LogP contribution in [0.2, 0.25) is 0 Å². The lowest BCUT2D eigenvalue weighted by Gasteiger charge is -2.24. The van der Waals surface area contributed by atoms with Crippen LogP contribution in [0.1, 0.15) is 26.7 Å². The second-order valence-electron chi connectivity index (χ2n) is 4.12. The zero-order chi connectivity index (χ0) is 10.4. The molecule has 82 valence electrons. The molecule has 14 heavy (non-hydrogen) atoms. The van der Waals surface area contributed by atoms with E-state index >= 15 is 0 Å². The molecule has 1 fully saturated rings. The quantitative estimate of drug-likeness (QED) is 0.577. The third-order valence-corrected chi connectivity index (χ3v) is 2.65. The molecule has 0 aromatic heterocycles. The topological polar surface area (TPSA) is 53.2 Å². The van der Waals surface area contributed by atoms with E-state index < -0.39 is 0 Å². The summed E-state index contributed by atoms with van der Waals surface area (Å²) in [6.45, 7) is 7.70. The minimum absolute atomic E-state index is 0.134.